The summed E-state index contributed by atoms with van der Waals surface area (Å²) in [6, 6.07) is 5.86. The molecule has 0 saturated heterocycles. The Balaban J connectivity index is 2.55. The fraction of sp³-hybridized carbons (Fsp3) is 0.533. The molecule has 0 aliphatic heterocycles. The van der Waals surface area contributed by atoms with Crippen molar-refractivity contribution in [3.8, 4) is 5.75 Å². The highest BCUT2D eigenvalue weighted by atomic mass is 16.5. The monoisotopic (exact) mass is 249 g/mol. The van der Waals surface area contributed by atoms with E-state index in [2.05, 4.69) is 26.1 Å². The summed E-state index contributed by atoms with van der Waals surface area (Å²) in [4.78, 5) is 11.8. The van der Waals surface area contributed by atoms with Gasteiger partial charge >= 0.3 is 0 Å². The quantitative estimate of drug-likeness (QED) is 0.871. The number of carbonyl (C=O) groups is 1. The zero-order valence-corrected chi connectivity index (χ0v) is 11.9. The Morgan fingerprint density at radius 1 is 1.22 bits per heavy atom. The number of amides is 1. The molecule has 18 heavy (non-hydrogen) atoms. The van der Waals surface area contributed by atoms with Crippen LogP contribution < -0.4 is 10.1 Å². The van der Waals surface area contributed by atoms with Gasteiger partial charge < -0.3 is 10.1 Å². The summed E-state index contributed by atoms with van der Waals surface area (Å²) in [6.07, 6.45) is -0.467. The Labute approximate surface area is 110 Å². The van der Waals surface area contributed by atoms with Crippen LogP contribution in [0.4, 0.5) is 0 Å². The van der Waals surface area contributed by atoms with Gasteiger partial charge in [-0.05, 0) is 49.9 Å². The summed E-state index contributed by atoms with van der Waals surface area (Å²) in [5, 5.41) is 2.86. The van der Waals surface area contributed by atoms with E-state index < -0.39 is 6.10 Å². The third-order valence-corrected chi connectivity index (χ3v) is 2.85. The number of aryl methyl sites for hydroxylation is 2. The van der Waals surface area contributed by atoms with Crippen LogP contribution in [-0.2, 0) is 4.79 Å². The lowest BCUT2D eigenvalue weighted by Crippen LogP contribution is -2.38. The molecule has 3 heteroatoms. The highest BCUT2D eigenvalue weighted by Gasteiger charge is 2.14. The lowest BCUT2D eigenvalue weighted by atomic mass is 10.1. The lowest BCUT2D eigenvalue weighted by molar-refractivity contribution is -0.127. The van der Waals surface area contributed by atoms with Crippen molar-refractivity contribution >= 4 is 5.91 Å². The van der Waals surface area contributed by atoms with Crippen molar-refractivity contribution in [2.75, 3.05) is 6.54 Å². The van der Waals surface area contributed by atoms with Crippen LogP contribution in [0.25, 0.3) is 0 Å². The van der Waals surface area contributed by atoms with Gasteiger partial charge in [0.25, 0.3) is 5.91 Å². The number of hydrogen-bond acceptors (Lipinski definition) is 2. The molecule has 1 aromatic carbocycles. The number of nitrogens with one attached hydrogen (secondary N) is 1. The number of carbonyl (C=O) groups excluding carboxylic acids is 1. The minimum atomic E-state index is -0.467. The van der Waals surface area contributed by atoms with Gasteiger partial charge in [0.15, 0.2) is 6.10 Å². The van der Waals surface area contributed by atoms with E-state index in [4.69, 9.17) is 4.74 Å². The van der Waals surface area contributed by atoms with E-state index in [1.807, 2.05) is 25.1 Å². The maximum absolute atomic E-state index is 11.8. The molecule has 0 heterocycles. The topological polar surface area (TPSA) is 38.3 Å². The number of rotatable bonds is 5. The molecule has 0 spiro atoms. The van der Waals surface area contributed by atoms with Gasteiger partial charge in [-0.2, -0.15) is 0 Å². The minimum absolute atomic E-state index is 0.0677. The lowest BCUT2D eigenvalue weighted by Gasteiger charge is -2.16. The molecule has 0 saturated carbocycles. The summed E-state index contributed by atoms with van der Waals surface area (Å²) >= 11 is 0. The Bertz CT molecular complexity index is 413. The molecule has 0 aromatic heterocycles. The van der Waals surface area contributed by atoms with Crippen LogP contribution in [0.3, 0.4) is 0 Å². The second-order valence-corrected chi connectivity index (χ2v) is 5.15. The fourth-order valence-electron chi connectivity index (χ4n) is 1.49. The second-order valence-electron chi connectivity index (χ2n) is 5.15. The maximum Gasteiger partial charge on any atom is 0.260 e. The molecule has 100 valence electrons. The SMILES string of the molecule is Cc1ccc(O[C@H](C)C(=O)NCC(C)C)cc1C. The first-order valence-corrected chi connectivity index (χ1v) is 6.41. The van der Waals surface area contributed by atoms with Gasteiger partial charge in [0.2, 0.25) is 0 Å². The Morgan fingerprint density at radius 3 is 2.44 bits per heavy atom. The fourth-order valence-corrected chi connectivity index (χ4v) is 1.49. The summed E-state index contributed by atoms with van der Waals surface area (Å²) in [5.74, 6) is 1.12. The average molecular weight is 249 g/mol. The second kappa shape index (κ2) is 6.43. The predicted octanol–water partition coefficient (Wildman–Crippen LogP) is 2.84. The molecule has 0 fully saturated rings. The van der Waals surface area contributed by atoms with Crippen molar-refractivity contribution in [2.45, 2.75) is 40.7 Å². The molecule has 1 rings (SSSR count). The van der Waals surface area contributed by atoms with Crippen molar-refractivity contribution in [2.24, 2.45) is 5.92 Å². The summed E-state index contributed by atoms with van der Waals surface area (Å²) in [7, 11) is 0. The zero-order valence-electron chi connectivity index (χ0n) is 11.9. The van der Waals surface area contributed by atoms with Gasteiger partial charge in [0.05, 0.1) is 0 Å². The first-order valence-electron chi connectivity index (χ1n) is 6.41. The third kappa shape index (κ3) is 4.40. The van der Waals surface area contributed by atoms with E-state index in [1.54, 1.807) is 6.92 Å². The zero-order chi connectivity index (χ0) is 13.7. The highest BCUT2D eigenvalue weighted by molar-refractivity contribution is 5.80. The summed E-state index contributed by atoms with van der Waals surface area (Å²) in [5.41, 5.74) is 2.39. The smallest absolute Gasteiger partial charge is 0.260 e. The summed E-state index contributed by atoms with van der Waals surface area (Å²) in [6.45, 7) is 10.7. The van der Waals surface area contributed by atoms with Crippen molar-refractivity contribution in [3.05, 3.63) is 29.3 Å². The average Bonchev–Trinajstić information content (AvgIpc) is 2.30. The van der Waals surface area contributed by atoms with Gasteiger partial charge in [-0.3, -0.25) is 4.79 Å². The molecule has 0 unspecified atom stereocenters. The number of hydrogen-bond donors (Lipinski definition) is 1. The van der Waals surface area contributed by atoms with Crippen molar-refractivity contribution in [1.82, 2.24) is 5.32 Å². The van der Waals surface area contributed by atoms with Crippen LogP contribution >= 0.6 is 0 Å². The molecule has 1 aromatic rings. The van der Waals surface area contributed by atoms with E-state index in [1.165, 1.54) is 11.1 Å². The molecule has 0 bridgehead atoms. The number of ether oxygens (including phenoxy) is 1. The van der Waals surface area contributed by atoms with Crippen LogP contribution in [0.1, 0.15) is 31.9 Å². The molecular formula is C15H23NO2. The standard InChI is InChI=1S/C15H23NO2/c1-10(2)9-16-15(17)13(5)18-14-7-6-11(3)12(4)8-14/h6-8,10,13H,9H2,1-5H3,(H,16,17)/t13-/m1/s1. The van der Waals surface area contributed by atoms with E-state index >= 15 is 0 Å². The molecule has 1 amide bonds. The highest BCUT2D eigenvalue weighted by Crippen LogP contribution is 2.17. The molecule has 1 atom stereocenters. The Hall–Kier alpha value is -1.51. The van der Waals surface area contributed by atoms with Gasteiger partial charge in [0.1, 0.15) is 5.75 Å². The first kappa shape index (κ1) is 14.6. The largest absolute Gasteiger partial charge is 0.481 e. The maximum atomic E-state index is 11.8. The van der Waals surface area contributed by atoms with Crippen LogP contribution in [-0.4, -0.2) is 18.6 Å². The first-order chi connectivity index (χ1) is 8.40. The number of benzene rings is 1. The van der Waals surface area contributed by atoms with Crippen LogP contribution in [0.5, 0.6) is 5.75 Å². The van der Waals surface area contributed by atoms with Crippen molar-refractivity contribution in [3.63, 3.8) is 0 Å². The van der Waals surface area contributed by atoms with Crippen molar-refractivity contribution in [1.29, 1.82) is 0 Å². The normalized spacial score (nSPS) is 12.3. The van der Waals surface area contributed by atoms with E-state index in [9.17, 15) is 4.79 Å². The minimum Gasteiger partial charge on any atom is -0.481 e. The summed E-state index contributed by atoms with van der Waals surface area (Å²) < 4.78 is 5.63. The molecule has 3 nitrogen and oxygen atoms in total. The van der Waals surface area contributed by atoms with E-state index in [0.717, 1.165) is 5.75 Å². The van der Waals surface area contributed by atoms with Gasteiger partial charge in [-0.25, -0.2) is 0 Å². The van der Waals surface area contributed by atoms with Crippen LogP contribution in [0.15, 0.2) is 18.2 Å². The van der Waals surface area contributed by atoms with Gasteiger partial charge in [-0.15, -0.1) is 0 Å². The predicted molar refractivity (Wildman–Crippen MR) is 73.9 cm³/mol. The Kier molecular flexibility index (Phi) is 5.20. The van der Waals surface area contributed by atoms with Gasteiger partial charge in [-0.1, -0.05) is 19.9 Å². The van der Waals surface area contributed by atoms with E-state index in [-0.39, 0.29) is 5.91 Å². The molecule has 0 radical (unpaired) electrons. The molecule has 0 aliphatic rings. The Morgan fingerprint density at radius 2 is 1.89 bits per heavy atom. The van der Waals surface area contributed by atoms with E-state index in [0.29, 0.717) is 12.5 Å². The van der Waals surface area contributed by atoms with Crippen molar-refractivity contribution < 1.29 is 9.53 Å². The van der Waals surface area contributed by atoms with Gasteiger partial charge in [0, 0.05) is 6.54 Å². The molecule has 0 aliphatic carbocycles. The van der Waals surface area contributed by atoms with Crippen LogP contribution in [0.2, 0.25) is 0 Å². The third-order valence-electron chi connectivity index (χ3n) is 2.85. The van der Waals surface area contributed by atoms with Crippen LogP contribution in [0, 0.1) is 19.8 Å². The molecule has 1 N–H and O–H groups in total. The molecular weight excluding hydrogens is 226 g/mol.